The average Bonchev–Trinajstić information content (AvgIpc) is 2.94. The minimum atomic E-state index is -1.12. The number of rotatable bonds is 30. The van der Waals surface area contributed by atoms with E-state index in [0.717, 1.165) is 32.1 Å². The van der Waals surface area contributed by atoms with Crippen molar-refractivity contribution in [2.45, 2.75) is 187 Å². The molecule has 7 nitrogen and oxygen atoms in total. The van der Waals surface area contributed by atoms with Crippen LogP contribution in [0.2, 0.25) is 0 Å². The first kappa shape index (κ1) is 40.1. The van der Waals surface area contributed by atoms with Gasteiger partial charge in [-0.1, -0.05) is 123 Å². The van der Waals surface area contributed by atoms with E-state index in [1.54, 1.807) is 20.8 Å². The fourth-order valence-electron chi connectivity index (χ4n) is 6.80. The van der Waals surface area contributed by atoms with Gasteiger partial charge in [0.15, 0.2) is 18.1 Å². The van der Waals surface area contributed by atoms with E-state index < -0.39 is 40.5 Å². The van der Waals surface area contributed by atoms with Crippen LogP contribution in [0.1, 0.15) is 169 Å². The zero-order valence-corrected chi connectivity index (χ0v) is 27.7. The van der Waals surface area contributed by atoms with Gasteiger partial charge in [0.2, 0.25) is 0 Å². The van der Waals surface area contributed by atoms with Crippen molar-refractivity contribution in [2.24, 2.45) is 0 Å². The minimum Gasteiger partial charge on any atom is -0.477 e. The number of carboxylic acid groups (broad SMARTS) is 3. The molecule has 0 aliphatic carbocycles. The molecule has 3 atom stereocenters. The highest BCUT2D eigenvalue weighted by Gasteiger charge is 2.55. The number of nitrogens with zero attached hydrogens (tertiary/aromatic N) is 1. The molecule has 7 heteroatoms. The standard InChI is InChI=1S/C35H65NO6/c1-5-9-10-11-12-13-14-15-16-17-18-19-20-21-22-23-24-25-26-27-28-29-36(30(6-2)33(37)38,31(7-3)34(39)40)32(8-4)35(41)42/h18-19,30-32H,5-17,20-29H2,1-4H3,(H2-,37,38,39,40,41,42)/p+1/b19-18+. The molecule has 0 aliphatic heterocycles. The molecule has 0 saturated heterocycles. The molecule has 42 heavy (non-hydrogen) atoms. The van der Waals surface area contributed by atoms with E-state index in [1.807, 2.05) is 0 Å². The number of allylic oxidation sites excluding steroid dienone is 2. The monoisotopic (exact) mass is 596 g/mol. The van der Waals surface area contributed by atoms with Crippen molar-refractivity contribution in [3.63, 3.8) is 0 Å². The Labute approximate surface area is 257 Å². The van der Waals surface area contributed by atoms with Gasteiger partial charge in [-0.05, 0) is 38.5 Å². The second kappa shape index (κ2) is 25.6. The summed E-state index contributed by atoms with van der Waals surface area (Å²) in [5.74, 6) is -3.35. The maximum absolute atomic E-state index is 12.3. The van der Waals surface area contributed by atoms with Crippen LogP contribution in [0.25, 0.3) is 0 Å². The molecule has 0 radical (unpaired) electrons. The molecule has 246 valence electrons. The third-order valence-corrected chi connectivity index (χ3v) is 9.06. The van der Waals surface area contributed by atoms with Crippen LogP contribution < -0.4 is 0 Å². The first-order valence-corrected chi connectivity index (χ1v) is 17.4. The van der Waals surface area contributed by atoms with Crippen LogP contribution >= 0.6 is 0 Å². The molecule has 0 aromatic carbocycles. The molecule has 0 rings (SSSR count). The Balaban J connectivity index is 4.39. The molecule has 0 amide bonds. The van der Waals surface area contributed by atoms with Gasteiger partial charge in [-0.15, -0.1) is 0 Å². The molecular weight excluding hydrogens is 530 g/mol. The van der Waals surface area contributed by atoms with Crippen molar-refractivity contribution in [1.82, 2.24) is 0 Å². The van der Waals surface area contributed by atoms with Gasteiger partial charge < -0.3 is 15.3 Å². The number of hydrogen-bond acceptors (Lipinski definition) is 3. The van der Waals surface area contributed by atoms with Gasteiger partial charge in [0.1, 0.15) is 0 Å². The van der Waals surface area contributed by atoms with Gasteiger partial charge >= 0.3 is 17.9 Å². The van der Waals surface area contributed by atoms with Crippen LogP contribution in [-0.4, -0.2) is 62.4 Å². The summed E-state index contributed by atoms with van der Waals surface area (Å²) in [4.78, 5) is 36.8. The molecule has 0 bridgehead atoms. The van der Waals surface area contributed by atoms with Crippen molar-refractivity contribution in [3.8, 4) is 0 Å². The Morgan fingerprint density at radius 3 is 1.05 bits per heavy atom. The van der Waals surface area contributed by atoms with E-state index in [0.29, 0.717) is 6.42 Å². The van der Waals surface area contributed by atoms with Crippen LogP contribution in [0.4, 0.5) is 0 Å². The summed E-state index contributed by atoms with van der Waals surface area (Å²) in [6.07, 6.45) is 28.4. The Bertz CT molecular complexity index is 682. The van der Waals surface area contributed by atoms with E-state index >= 15 is 0 Å². The molecule has 0 fully saturated rings. The van der Waals surface area contributed by atoms with Crippen LogP contribution in [0.15, 0.2) is 12.2 Å². The van der Waals surface area contributed by atoms with Gasteiger partial charge in [0.25, 0.3) is 0 Å². The van der Waals surface area contributed by atoms with Crippen LogP contribution in [0.5, 0.6) is 0 Å². The first-order chi connectivity index (χ1) is 20.2. The first-order valence-electron chi connectivity index (χ1n) is 17.4. The zero-order valence-electron chi connectivity index (χ0n) is 27.7. The summed E-state index contributed by atoms with van der Waals surface area (Å²) in [6, 6.07) is -3.19. The molecular formula is C35H66NO6+. The Morgan fingerprint density at radius 1 is 0.476 bits per heavy atom. The molecule has 0 heterocycles. The second-order valence-corrected chi connectivity index (χ2v) is 12.2. The number of aliphatic carboxylic acids is 3. The maximum Gasteiger partial charge on any atom is 0.362 e. The number of quaternary nitrogens is 1. The van der Waals surface area contributed by atoms with Gasteiger partial charge in [0, 0.05) is 19.3 Å². The fourth-order valence-corrected chi connectivity index (χ4v) is 6.80. The molecule has 0 aromatic heterocycles. The molecule has 0 aromatic rings. The summed E-state index contributed by atoms with van der Waals surface area (Å²) in [5, 5.41) is 30.1. The topological polar surface area (TPSA) is 112 Å². The van der Waals surface area contributed by atoms with E-state index in [1.165, 1.54) is 83.5 Å². The van der Waals surface area contributed by atoms with Crippen molar-refractivity contribution in [3.05, 3.63) is 12.2 Å². The SMILES string of the molecule is CCCCCCCCCCC/C=C/CCCCCCCCCC[N+](C(CC)C(=O)O)(C(CC)C(=O)O)C(CC)C(=O)O. The molecule has 3 N–H and O–H groups in total. The van der Waals surface area contributed by atoms with E-state index in [2.05, 4.69) is 19.1 Å². The van der Waals surface area contributed by atoms with Gasteiger partial charge in [-0.3, -0.25) is 4.48 Å². The second-order valence-electron chi connectivity index (χ2n) is 12.2. The van der Waals surface area contributed by atoms with Crippen molar-refractivity contribution < 1.29 is 34.2 Å². The Kier molecular flexibility index (Phi) is 24.4. The normalized spacial score (nSPS) is 15.3. The van der Waals surface area contributed by atoms with Crippen molar-refractivity contribution >= 4 is 17.9 Å². The number of carboxylic acids is 3. The maximum atomic E-state index is 12.3. The number of carbonyl (C=O) groups is 3. The lowest BCUT2D eigenvalue weighted by molar-refractivity contribution is -0.973. The average molecular weight is 597 g/mol. The highest BCUT2D eigenvalue weighted by Crippen LogP contribution is 2.32. The fraction of sp³-hybridized carbons (Fsp3) is 0.857. The van der Waals surface area contributed by atoms with Crippen molar-refractivity contribution in [1.29, 1.82) is 0 Å². The number of hydrogen-bond donors (Lipinski definition) is 3. The van der Waals surface area contributed by atoms with Gasteiger partial charge in [0.05, 0.1) is 6.54 Å². The van der Waals surface area contributed by atoms with Crippen LogP contribution in [0.3, 0.4) is 0 Å². The molecule has 0 aliphatic rings. The number of unbranched alkanes of at least 4 members (excludes halogenated alkanes) is 17. The predicted octanol–water partition coefficient (Wildman–Crippen LogP) is 9.38. The van der Waals surface area contributed by atoms with Crippen molar-refractivity contribution in [2.75, 3.05) is 6.54 Å². The summed E-state index contributed by atoms with van der Waals surface area (Å²) in [5.41, 5.74) is 0. The largest absolute Gasteiger partial charge is 0.477 e. The lowest BCUT2D eigenvalue weighted by atomic mass is 9.93. The third kappa shape index (κ3) is 15.5. The quantitative estimate of drug-likeness (QED) is 0.0433. The summed E-state index contributed by atoms with van der Waals surface area (Å²) < 4.78 is -0.407. The third-order valence-electron chi connectivity index (χ3n) is 9.06. The highest BCUT2D eigenvalue weighted by molar-refractivity contribution is 5.78. The van der Waals surface area contributed by atoms with E-state index in [9.17, 15) is 29.7 Å². The van der Waals surface area contributed by atoms with E-state index in [-0.39, 0.29) is 25.8 Å². The Hall–Kier alpha value is -1.89. The van der Waals surface area contributed by atoms with Crippen LogP contribution in [-0.2, 0) is 14.4 Å². The smallest absolute Gasteiger partial charge is 0.362 e. The lowest BCUT2D eigenvalue weighted by Crippen LogP contribution is -2.72. The highest BCUT2D eigenvalue weighted by atomic mass is 16.4. The molecule has 0 spiro atoms. The van der Waals surface area contributed by atoms with Crippen LogP contribution in [0, 0.1) is 0 Å². The summed E-state index contributed by atoms with van der Waals surface area (Å²) >= 11 is 0. The zero-order chi connectivity index (χ0) is 31.6. The summed E-state index contributed by atoms with van der Waals surface area (Å²) in [6.45, 7) is 7.65. The summed E-state index contributed by atoms with van der Waals surface area (Å²) in [7, 11) is 0. The minimum absolute atomic E-state index is 0.192. The predicted molar refractivity (Wildman–Crippen MR) is 173 cm³/mol. The van der Waals surface area contributed by atoms with Gasteiger partial charge in [-0.25, -0.2) is 14.4 Å². The molecule has 3 unspecified atom stereocenters. The lowest BCUT2D eigenvalue weighted by Gasteiger charge is -2.49. The van der Waals surface area contributed by atoms with E-state index in [4.69, 9.17) is 0 Å². The molecule has 0 saturated carbocycles. The Morgan fingerprint density at radius 2 is 0.762 bits per heavy atom. The van der Waals surface area contributed by atoms with Gasteiger partial charge in [-0.2, -0.15) is 0 Å².